The normalized spacial score (nSPS) is 26.9. The van der Waals surface area contributed by atoms with Gasteiger partial charge in [0, 0.05) is 174 Å². The number of fused-ring (bicyclic) bond motifs is 6. The molecule has 4 saturated heterocycles. The standard InChI is InChI=1S/C95H130N16O17/c1-59-15-11-10-12-16-60(2)79(121-7)50-71-24-18-61(3)88(125-71)87(117)91(118)110-32-14-13-17-74(110)92(119)126-72(51-80(122-8)64(6)46-63(5)76(113)52-75(112)62(4)45-59)25-20-65-21-26-78(81(48-65)123-9)128-95(120)100-55-67-53-98-94(99-54-67)108-40-38-107(39-41-108)84(116)31-43-124-44-42-105-34-36-106(37-35-105)82(114)28-29-83(115)109-33-30-68-47-66(19-22-70(68)57-109)56-111-90-85(89(96)101-58-102-90)86(104-111)69-23-27-77-73(49-69)103-93(97)127-77/h10-12,15-16,19,22-23,27,46-47,49,53-54,58-59,61-62,64-65,71-72,74,76,78-81,88,113H,13-14,17-18,20-21,24-26,28-45,48,50-52,55-57H2,1-9H3,(H2,97,103)(H,100,120)(H2,96,101,102)/b12-10?,15-11+,60-16?,63-46+/t59-,61-,62-,64-,65-,71?,72-,74+,76+,78-,79+,80-,81-,88?/m1/s1. The molecule has 0 spiro atoms. The van der Waals surface area contributed by atoms with Gasteiger partial charge in [-0.2, -0.15) is 10.1 Å². The first-order valence-electron chi connectivity index (χ1n) is 45.8. The Bertz CT molecular complexity index is 4960. The van der Waals surface area contributed by atoms with Gasteiger partial charge in [0.1, 0.15) is 53.5 Å². The van der Waals surface area contributed by atoms with E-state index in [9.17, 15) is 43.5 Å². The number of ketones is 2. The van der Waals surface area contributed by atoms with Crippen LogP contribution in [0.5, 0.6) is 0 Å². The fourth-order valence-corrected chi connectivity index (χ4v) is 19.0. The number of oxazole rings is 1. The number of alkyl carbamates (subject to hydrolysis) is 1. The van der Waals surface area contributed by atoms with E-state index in [-0.39, 0.29) is 117 Å². The van der Waals surface area contributed by atoms with Gasteiger partial charge in [-0.25, -0.2) is 34.2 Å². The number of nitrogens with two attached hydrogens (primary N) is 2. The van der Waals surface area contributed by atoms with E-state index in [1.165, 1.54) is 11.2 Å². The molecule has 5 fully saturated rings. The van der Waals surface area contributed by atoms with E-state index in [1.54, 1.807) is 39.8 Å². The van der Waals surface area contributed by atoms with Crippen LogP contribution in [-0.2, 0) is 92.8 Å². The number of carbonyl (C=O) groups excluding carboxylic acids is 8. The highest BCUT2D eigenvalue weighted by Crippen LogP contribution is 2.38. The van der Waals surface area contributed by atoms with Crippen LogP contribution in [0.15, 0.2) is 107 Å². The lowest BCUT2D eigenvalue weighted by Crippen LogP contribution is -2.55. The third-order valence-corrected chi connectivity index (χ3v) is 26.8. The zero-order valence-corrected chi connectivity index (χ0v) is 75.7. The lowest BCUT2D eigenvalue weighted by molar-refractivity contribution is -0.169. The maximum Gasteiger partial charge on any atom is 0.407 e. The van der Waals surface area contributed by atoms with E-state index in [2.05, 4.69) is 60.3 Å². The van der Waals surface area contributed by atoms with Crippen molar-refractivity contribution in [1.82, 2.24) is 64.5 Å². The molecule has 0 radical (unpaired) electrons. The quantitative estimate of drug-likeness (QED) is 0.0212. The molecule has 33 heteroatoms. The number of piperazine rings is 2. The van der Waals surface area contributed by atoms with Crippen molar-refractivity contribution in [2.45, 2.75) is 232 Å². The van der Waals surface area contributed by atoms with Crippen LogP contribution < -0.4 is 21.7 Å². The number of allylic oxidation sites excluding steroid dienone is 5. The number of aromatic nitrogens is 7. The number of hydrogen-bond donors (Lipinski definition) is 4. The number of nitrogen functional groups attached to an aromatic ring is 2. The first-order valence-corrected chi connectivity index (χ1v) is 45.8. The molecule has 7 aliphatic rings. The minimum Gasteiger partial charge on any atom is -0.461 e. The number of nitrogens with zero attached hydrogens (tertiary/aromatic N) is 13. The summed E-state index contributed by atoms with van der Waals surface area (Å²) in [6.45, 7) is 19.4. The lowest BCUT2D eigenvalue weighted by atomic mass is 9.81. The zero-order chi connectivity index (χ0) is 90.7. The Balaban J connectivity index is 0.510. The van der Waals surface area contributed by atoms with Gasteiger partial charge in [-0.1, -0.05) is 82.4 Å². The fraction of sp³-hybridized carbons (Fsp3) is 0.600. The average Bonchev–Trinajstić information content (AvgIpc) is 1.61. The molecular weight excluding hydrogens is 1640 g/mol. The second-order valence-corrected chi connectivity index (χ2v) is 35.9. The maximum atomic E-state index is 14.8. The molecular formula is C95H130N16O17. The van der Waals surface area contributed by atoms with Crippen molar-refractivity contribution in [1.29, 1.82) is 0 Å². The number of amides is 5. The van der Waals surface area contributed by atoms with E-state index < -0.39 is 66.4 Å². The van der Waals surface area contributed by atoms with Crippen LogP contribution in [0.1, 0.15) is 173 Å². The molecule has 14 atom stereocenters. The van der Waals surface area contributed by atoms with Crippen LogP contribution in [-0.4, -0.2) is 273 Å². The van der Waals surface area contributed by atoms with Crippen molar-refractivity contribution in [3.63, 3.8) is 0 Å². The first-order chi connectivity index (χ1) is 61.8. The van der Waals surface area contributed by atoms with E-state index in [1.807, 2.05) is 107 Å². The number of ether oxygens (including phenoxy) is 7. The van der Waals surface area contributed by atoms with Gasteiger partial charge in [-0.05, 0) is 155 Å². The summed E-state index contributed by atoms with van der Waals surface area (Å²) in [6.07, 6.45) is 19.5. The number of Topliss-reactive ketones (excluding diaryl/α,β-unsaturated/α-hetero) is 2. The Hall–Kier alpha value is -10.4. The van der Waals surface area contributed by atoms with Crippen LogP contribution in [0.2, 0.25) is 0 Å². The highest BCUT2D eigenvalue weighted by atomic mass is 16.6. The number of carbonyl (C=O) groups is 8. The van der Waals surface area contributed by atoms with E-state index >= 15 is 0 Å². The van der Waals surface area contributed by atoms with Gasteiger partial charge in [0.2, 0.25) is 29.5 Å². The number of cyclic esters (lactones) is 1. The summed E-state index contributed by atoms with van der Waals surface area (Å²) in [5.74, 6) is -1.90. The minimum atomic E-state index is -1.01. The molecule has 33 nitrogen and oxygen atoms in total. The SMILES string of the molecule is CO[C@H]1CC2CC[C@@H](C)C(O2)C(=O)C(=O)N2CCCC[C@H]2C(=O)O[C@H](CC[C@@H]2CC[C@@H](OC(=O)NCc3cnc(N4CCN(C(=O)CCOCCN5CCN(C(=O)CCC(=O)N6CCc7cc(Cn8nc(-c9ccc%10oc(N)nc%10c9)c9c(N)ncnc98)ccc7C6)CC5)CC4)nc3)[C@H](OC)C2)C[C@@H](OC)[C@H](C)/C=C(\C)[C@@H](O)CC(=O)[C@H](C)C[C@H](C)/C=C/C=CC=C1C. The first kappa shape index (κ1) is 95.2. The van der Waals surface area contributed by atoms with Crippen molar-refractivity contribution in [2.75, 3.05) is 123 Å². The zero-order valence-electron chi connectivity index (χ0n) is 75.7. The van der Waals surface area contributed by atoms with E-state index in [4.69, 9.17) is 54.1 Å². The molecule has 6 N–H and O–H groups in total. The monoisotopic (exact) mass is 1770 g/mol. The van der Waals surface area contributed by atoms with Crippen molar-refractivity contribution >= 4 is 87.2 Å². The number of aliphatic hydroxyl groups excluding tert-OH is 1. The van der Waals surface area contributed by atoms with Gasteiger partial charge in [0.25, 0.3) is 11.9 Å². The average molecular weight is 1770 g/mol. The molecule has 6 aromatic rings. The van der Waals surface area contributed by atoms with Crippen LogP contribution in [0, 0.1) is 29.6 Å². The molecule has 5 amide bonds. The van der Waals surface area contributed by atoms with Gasteiger partial charge in [-0.15, -0.1) is 0 Å². The topological polar surface area (TPSA) is 400 Å². The summed E-state index contributed by atoms with van der Waals surface area (Å²) in [7, 11) is 4.84. The van der Waals surface area contributed by atoms with E-state index in [0.717, 1.165) is 27.8 Å². The molecule has 10 heterocycles. The Morgan fingerprint density at radius 3 is 2.20 bits per heavy atom. The van der Waals surface area contributed by atoms with Gasteiger partial charge < -0.3 is 84.0 Å². The number of nitrogens with one attached hydrogen (secondary N) is 1. The molecule has 1 saturated carbocycles. The summed E-state index contributed by atoms with van der Waals surface area (Å²) < 4.78 is 50.4. The molecule has 692 valence electrons. The Kier molecular flexibility index (Phi) is 33.6. The molecule has 2 unspecified atom stereocenters. The molecule has 2 aromatic carbocycles. The molecule has 1 aliphatic carbocycles. The largest absolute Gasteiger partial charge is 0.461 e. The van der Waals surface area contributed by atoms with Crippen LogP contribution in [0.4, 0.5) is 22.6 Å². The van der Waals surface area contributed by atoms with Gasteiger partial charge in [0.15, 0.2) is 11.2 Å². The predicted octanol–water partition coefficient (Wildman–Crippen LogP) is 9.88. The number of aliphatic hydroxyl groups is 1. The molecule has 13 rings (SSSR count). The molecule has 6 aliphatic heterocycles. The summed E-state index contributed by atoms with van der Waals surface area (Å²) in [5.41, 5.74) is 20.9. The number of methoxy groups -OCH3 is 3. The van der Waals surface area contributed by atoms with Crippen molar-refractivity contribution in [3.05, 3.63) is 125 Å². The Morgan fingerprint density at radius 2 is 1.44 bits per heavy atom. The summed E-state index contributed by atoms with van der Waals surface area (Å²) >= 11 is 0. The van der Waals surface area contributed by atoms with Crippen LogP contribution >= 0.6 is 0 Å². The predicted molar refractivity (Wildman–Crippen MR) is 480 cm³/mol. The van der Waals surface area contributed by atoms with Gasteiger partial charge in [-0.3, -0.25) is 33.7 Å². The Morgan fingerprint density at radius 1 is 0.688 bits per heavy atom. The maximum absolute atomic E-state index is 14.8. The van der Waals surface area contributed by atoms with Crippen molar-refractivity contribution in [3.8, 4) is 11.3 Å². The number of anilines is 3. The van der Waals surface area contributed by atoms with Crippen molar-refractivity contribution in [2.24, 2.45) is 29.6 Å². The van der Waals surface area contributed by atoms with Gasteiger partial charge >= 0.3 is 12.1 Å². The van der Waals surface area contributed by atoms with Crippen molar-refractivity contribution < 1.29 is 81.0 Å². The summed E-state index contributed by atoms with van der Waals surface area (Å²) in [4.78, 5) is 145. The van der Waals surface area contributed by atoms with E-state index in [0.29, 0.717) is 226 Å². The fourth-order valence-electron chi connectivity index (χ4n) is 19.0. The summed E-state index contributed by atoms with van der Waals surface area (Å²) in [6, 6.07) is 10.9. The molecule has 4 aromatic heterocycles. The third kappa shape index (κ3) is 25.0. The molecule has 2 bridgehead atoms. The van der Waals surface area contributed by atoms with Crippen LogP contribution in [0.3, 0.4) is 0 Å². The number of esters is 1. The second-order valence-electron chi connectivity index (χ2n) is 35.9. The lowest BCUT2D eigenvalue weighted by Gasteiger charge is -2.38. The second kappa shape index (κ2) is 45.2. The van der Waals surface area contributed by atoms with Gasteiger partial charge in [0.05, 0.1) is 62.1 Å². The minimum absolute atomic E-state index is 0.00982. The number of benzene rings is 2. The highest BCUT2D eigenvalue weighted by molar-refractivity contribution is 6.38. The third-order valence-electron chi connectivity index (χ3n) is 26.8. The summed E-state index contributed by atoms with van der Waals surface area (Å²) in [5, 5.41) is 19.9. The highest BCUT2D eigenvalue weighted by Gasteiger charge is 2.45. The smallest absolute Gasteiger partial charge is 0.407 e. The number of piperidine rings is 1. The molecule has 128 heavy (non-hydrogen) atoms. The Labute approximate surface area is 749 Å². The number of hydrogen-bond acceptors (Lipinski definition) is 27. The number of rotatable bonds is 22. The van der Waals surface area contributed by atoms with Crippen LogP contribution in [0.25, 0.3) is 33.4 Å².